The Morgan fingerprint density at radius 2 is 1.59 bits per heavy atom. The molecule has 0 saturated carbocycles. The number of benzene rings is 3. The van der Waals surface area contributed by atoms with Crippen LogP contribution in [-0.4, -0.2) is 24.8 Å². The van der Waals surface area contributed by atoms with Crippen LogP contribution < -0.4 is 20.2 Å². The maximum absolute atomic E-state index is 12.9. The Bertz CT molecular complexity index is 1270. The molecule has 0 bridgehead atoms. The predicted molar refractivity (Wildman–Crippen MR) is 130 cm³/mol. The highest BCUT2D eigenvalue weighted by atomic mass is 16.7. The zero-order chi connectivity index (χ0) is 23.8. The van der Waals surface area contributed by atoms with Crippen LogP contribution in [0.15, 0.2) is 101 Å². The fraction of sp³-hybridized carbons (Fsp3) is 0.0741. The lowest BCUT2D eigenvalue weighted by Crippen LogP contribution is -2.33. The molecule has 2 amide bonds. The summed E-state index contributed by atoms with van der Waals surface area (Å²) < 4.78 is 10.6. The highest BCUT2D eigenvalue weighted by Crippen LogP contribution is 2.31. The molecule has 0 unspecified atom stereocenters. The van der Waals surface area contributed by atoms with Crippen molar-refractivity contribution in [1.29, 1.82) is 0 Å². The van der Waals surface area contributed by atoms with Crippen molar-refractivity contribution < 1.29 is 19.1 Å². The zero-order valence-electron chi connectivity index (χ0n) is 18.5. The zero-order valence-corrected chi connectivity index (χ0v) is 18.5. The summed E-state index contributed by atoms with van der Waals surface area (Å²) in [6.07, 6.45) is 5.01. The molecule has 0 saturated heterocycles. The van der Waals surface area contributed by atoms with E-state index in [1.807, 2.05) is 49.4 Å². The summed E-state index contributed by atoms with van der Waals surface area (Å²) in [5, 5.41) is 6.72. The maximum Gasteiger partial charge on any atom is 0.287 e. The Labute approximate surface area is 197 Å². The lowest BCUT2D eigenvalue weighted by molar-refractivity contribution is -0.117. The van der Waals surface area contributed by atoms with Crippen molar-refractivity contribution >= 4 is 24.1 Å². The molecule has 0 aliphatic carbocycles. The number of carbonyl (C=O) groups excluding carboxylic acids is 2. The number of allylic oxidation sites excluding steroid dienone is 2. The van der Waals surface area contributed by atoms with Crippen LogP contribution in [0.3, 0.4) is 0 Å². The Hall–Kier alpha value is -4.65. The van der Waals surface area contributed by atoms with Gasteiger partial charge in [-0.15, -0.1) is 0 Å². The molecule has 7 heteroatoms. The number of nitrogens with one attached hydrogen (secondary N) is 2. The van der Waals surface area contributed by atoms with Crippen molar-refractivity contribution in [2.45, 2.75) is 6.92 Å². The summed E-state index contributed by atoms with van der Waals surface area (Å²) in [5.74, 6) is 0.333. The molecule has 0 atom stereocenters. The summed E-state index contributed by atoms with van der Waals surface area (Å²) in [4.78, 5) is 25.6. The van der Waals surface area contributed by atoms with Crippen molar-refractivity contribution in [1.82, 2.24) is 10.7 Å². The van der Waals surface area contributed by atoms with E-state index in [1.54, 1.807) is 48.5 Å². The quantitative estimate of drug-likeness (QED) is 0.242. The van der Waals surface area contributed by atoms with E-state index in [0.29, 0.717) is 17.1 Å². The minimum Gasteiger partial charge on any atom is -0.454 e. The average Bonchev–Trinajstić information content (AvgIpc) is 3.32. The minimum absolute atomic E-state index is 0.0707. The average molecular weight is 453 g/mol. The molecule has 34 heavy (non-hydrogen) atoms. The molecule has 1 aliphatic rings. The van der Waals surface area contributed by atoms with E-state index in [2.05, 4.69) is 15.8 Å². The molecule has 0 radical (unpaired) electrons. The van der Waals surface area contributed by atoms with Crippen LogP contribution in [0.2, 0.25) is 0 Å². The number of fused-ring (bicyclic) bond motifs is 1. The van der Waals surface area contributed by atoms with Gasteiger partial charge < -0.3 is 14.8 Å². The number of hydrogen-bond donors (Lipinski definition) is 2. The third-order valence-electron chi connectivity index (χ3n) is 4.87. The predicted octanol–water partition coefficient (Wildman–Crippen LogP) is 4.28. The molecule has 1 heterocycles. The second-order valence-electron chi connectivity index (χ2n) is 7.49. The number of carbonyl (C=O) groups is 2. The van der Waals surface area contributed by atoms with Gasteiger partial charge in [0.1, 0.15) is 5.70 Å². The molecule has 4 rings (SSSR count). The van der Waals surface area contributed by atoms with Crippen LogP contribution in [-0.2, 0) is 4.79 Å². The van der Waals surface area contributed by atoms with Gasteiger partial charge >= 0.3 is 0 Å². The van der Waals surface area contributed by atoms with Gasteiger partial charge in [-0.1, -0.05) is 54.6 Å². The SMILES string of the molecule is CC(=C\c1ccccc1)/C=C(/NC(=O)c1ccccc1)C(=O)NN=Cc1ccc2c(c1)OCO2. The van der Waals surface area contributed by atoms with Gasteiger partial charge in [0, 0.05) is 5.56 Å². The smallest absolute Gasteiger partial charge is 0.287 e. The fourth-order valence-corrected chi connectivity index (χ4v) is 3.24. The summed E-state index contributed by atoms with van der Waals surface area (Å²) >= 11 is 0. The number of hydrazone groups is 1. The Balaban J connectivity index is 1.51. The van der Waals surface area contributed by atoms with Crippen molar-refractivity contribution in [2.24, 2.45) is 5.10 Å². The largest absolute Gasteiger partial charge is 0.454 e. The molecular weight excluding hydrogens is 430 g/mol. The Morgan fingerprint density at radius 1 is 0.882 bits per heavy atom. The molecule has 7 nitrogen and oxygen atoms in total. The maximum atomic E-state index is 12.9. The first-order valence-electron chi connectivity index (χ1n) is 10.6. The molecule has 2 N–H and O–H groups in total. The van der Waals surface area contributed by atoms with Crippen LogP contribution >= 0.6 is 0 Å². The topological polar surface area (TPSA) is 89.0 Å². The molecule has 0 aromatic heterocycles. The fourth-order valence-electron chi connectivity index (χ4n) is 3.24. The summed E-state index contributed by atoms with van der Waals surface area (Å²) in [6, 6.07) is 23.7. The third-order valence-corrected chi connectivity index (χ3v) is 4.87. The Kier molecular flexibility index (Phi) is 7.15. The van der Waals surface area contributed by atoms with Gasteiger partial charge in [-0.25, -0.2) is 5.43 Å². The van der Waals surface area contributed by atoms with Gasteiger partial charge in [0.25, 0.3) is 11.8 Å². The lowest BCUT2D eigenvalue weighted by Gasteiger charge is -2.09. The first kappa shape index (κ1) is 22.5. The number of nitrogens with zero attached hydrogens (tertiary/aromatic N) is 1. The van der Waals surface area contributed by atoms with Crippen LogP contribution in [0, 0.1) is 0 Å². The number of amides is 2. The monoisotopic (exact) mass is 453 g/mol. The normalized spacial score (nSPS) is 13.1. The molecule has 1 aliphatic heterocycles. The van der Waals surface area contributed by atoms with Crippen molar-refractivity contribution in [2.75, 3.05) is 6.79 Å². The van der Waals surface area contributed by atoms with Gasteiger partial charge in [-0.2, -0.15) is 5.10 Å². The highest BCUT2D eigenvalue weighted by Gasteiger charge is 2.15. The minimum atomic E-state index is -0.554. The van der Waals surface area contributed by atoms with Crippen LogP contribution in [0.25, 0.3) is 6.08 Å². The second kappa shape index (κ2) is 10.8. The molecule has 3 aromatic rings. The van der Waals surface area contributed by atoms with E-state index in [-0.39, 0.29) is 12.5 Å². The van der Waals surface area contributed by atoms with E-state index in [9.17, 15) is 9.59 Å². The van der Waals surface area contributed by atoms with Gasteiger partial charge in [0.05, 0.1) is 6.21 Å². The van der Waals surface area contributed by atoms with Crippen LogP contribution in [0.4, 0.5) is 0 Å². The first-order chi connectivity index (χ1) is 16.6. The van der Waals surface area contributed by atoms with E-state index in [4.69, 9.17) is 9.47 Å². The summed E-state index contributed by atoms with van der Waals surface area (Å²) in [5.41, 5.74) is 5.47. The standard InChI is InChI=1S/C27H23N3O4/c1-19(14-20-8-4-2-5-9-20)15-23(29-26(31)22-10-6-3-7-11-22)27(32)30-28-17-21-12-13-24-25(16-21)34-18-33-24/h2-17H,18H2,1H3,(H,29,31)(H,30,32)/b19-14+,23-15+,28-17?. The molecule has 0 fully saturated rings. The number of rotatable bonds is 7. The van der Waals surface area contributed by atoms with Gasteiger partial charge in [-0.05, 0) is 60.0 Å². The van der Waals surface area contributed by atoms with Crippen molar-refractivity contribution in [3.8, 4) is 11.5 Å². The second-order valence-corrected chi connectivity index (χ2v) is 7.49. The Morgan fingerprint density at radius 3 is 2.35 bits per heavy atom. The summed E-state index contributed by atoms with van der Waals surface area (Å²) in [7, 11) is 0. The van der Waals surface area contributed by atoms with E-state index >= 15 is 0 Å². The summed E-state index contributed by atoms with van der Waals surface area (Å²) in [6.45, 7) is 2.03. The van der Waals surface area contributed by atoms with Crippen LogP contribution in [0.5, 0.6) is 11.5 Å². The van der Waals surface area contributed by atoms with Gasteiger partial charge in [0.2, 0.25) is 6.79 Å². The lowest BCUT2D eigenvalue weighted by atomic mass is 10.1. The molecule has 0 spiro atoms. The van der Waals surface area contributed by atoms with E-state index in [1.165, 1.54) is 6.21 Å². The van der Waals surface area contributed by atoms with E-state index in [0.717, 1.165) is 16.7 Å². The third kappa shape index (κ3) is 5.98. The molecule has 170 valence electrons. The molecular formula is C27H23N3O4. The number of hydrogen-bond acceptors (Lipinski definition) is 5. The first-order valence-corrected chi connectivity index (χ1v) is 10.6. The van der Waals surface area contributed by atoms with Gasteiger partial charge in [0.15, 0.2) is 11.5 Å². The van der Waals surface area contributed by atoms with Crippen molar-refractivity contribution in [3.63, 3.8) is 0 Å². The van der Waals surface area contributed by atoms with Crippen molar-refractivity contribution in [3.05, 3.63) is 113 Å². The molecule has 3 aromatic carbocycles. The van der Waals surface area contributed by atoms with Gasteiger partial charge in [-0.3, -0.25) is 9.59 Å². The van der Waals surface area contributed by atoms with Crippen LogP contribution in [0.1, 0.15) is 28.4 Å². The number of ether oxygens (including phenoxy) is 2. The van der Waals surface area contributed by atoms with E-state index < -0.39 is 11.8 Å². The highest BCUT2D eigenvalue weighted by molar-refractivity contribution is 6.03.